The number of nitrogens with one attached hydrogen (secondary N) is 1. The molecule has 7 heteroatoms. The fourth-order valence-electron chi connectivity index (χ4n) is 1.34. The molecule has 0 aliphatic rings. The smallest absolute Gasteiger partial charge is 0.407 e. The summed E-state index contributed by atoms with van der Waals surface area (Å²) in [6.45, 7) is 5.39. The van der Waals surface area contributed by atoms with Gasteiger partial charge in [0.15, 0.2) is 0 Å². The van der Waals surface area contributed by atoms with E-state index in [4.69, 9.17) is 14.5 Å². The monoisotopic (exact) mass is 287 g/mol. The minimum absolute atomic E-state index is 0.0732. The lowest BCUT2D eigenvalue weighted by Crippen LogP contribution is -2.32. The van der Waals surface area contributed by atoms with Crippen molar-refractivity contribution in [2.75, 3.05) is 0 Å². The highest BCUT2D eigenvalue weighted by Gasteiger charge is 2.18. The van der Waals surface area contributed by atoms with Crippen molar-refractivity contribution in [3.63, 3.8) is 0 Å². The molecule has 106 valence electrons. The quantitative estimate of drug-likeness (QED) is 0.732. The fourth-order valence-corrected chi connectivity index (χ4v) is 1.95. The van der Waals surface area contributed by atoms with Crippen molar-refractivity contribution in [1.29, 1.82) is 0 Å². The second kappa shape index (κ2) is 5.74. The van der Waals surface area contributed by atoms with E-state index in [0.29, 0.717) is 5.56 Å². The van der Waals surface area contributed by atoms with Crippen LogP contribution >= 0.6 is 7.60 Å². The summed E-state index contributed by atoms with van der Waals surface area (Å²) in [5.74, 6) is 0. The largest absolute Gasteiger partial charge is 0.444 e. The number of hydrogen-bond acceptors (Lipinski definition) is 3. The summed E-state index contributed by atoms with van der Waals surface area (Å²) in [5.41, 5.74) is 0.00404. The molecule has 1 rings (SSSR count). The van der Waals surface area contributed by atoms with Crippen LogP contribution in [-0.2, 0) is 15.8 Å². The van der Waals surface area contributed by atoms with Gasteiger partial charge in [0.2, 0.25) is 0 Å². The number of carbonyl (C=O) groups is 1. The summed E-state index contributed by atoms with van der Waals surface area (Å²) in [7, 11) is -4.27. The number of alkyl carbamates (subject to hydrolysis) is 1. The predicted molar refractivity (Wildman–Crippen MR) is 71.2 cm³/mol. The minimum atomic E-state index is -4.27. The van der Waals surface area contributed by atoms with Gasteiger partial charge in [0, 0.05) is 6.54 Å². The molecule has 0 unspecified atom stereocenters. The number of benzene rings is 1. The van der Waals surface area contributed by atoms with Gasteiger partial charge >= 0.3 is 13.7 Å². The molecule has 0 aliphatic carbocycles. The minimum Gasteiger partial charge on any atom is -0.444 e. The van der Waals surface area contributed by atoms with Crippen LogP contribution < -0.4 is 10.6 Å². The van der Waals surface area contributed by atoms with Gasteiger partial charge in [-0.3, -0.25) is 4.57 Å². The fraction of sp³-hybridized carbons (Fsp3) is 0.417. The molecule has 6 nitrogen and oxygen atoms in total. The summed E-state index contributed by atoms with van der Waals surface area (Å²) in [6, 6.07) is 5.90. The number of rotatable bonds is 3. The zero-order valence-electron chi connectivity index (χ0n) is 11.1. The summed E-state index contributed by atoms with van der Waals surface area (Å²) in [4.78, 5) is 29.5. The Balaban J connectivity index is 2.64. The maximum absolute atomic E-state index is 11.4. The molecule has 0 fully saturated rings. The lowest BCUT2D eigenvalue weighted by atomic mass is 10.2. The molecule has 0 atom stereocenters. The van der Waals surface area contributed by atoms with Crippen molar-refractivity contribution in [3.8, 4) is 0 Å². The van der Waals surface area contributed by atoms with Crippen LogP contribution in [0.4, 0.5) is 4.79 Å². The Kier molecular flexibility index (Phi) is 4.74. The molecule has 0 heterocycles. The Morgan fingerprint density at radius 1 is 1.37 bits per heavy atom. The number of ether oxygens (including phenoxy) is 1. The van der Waals surface area contributed by atoms with Crippen LogP contribution in [0.25, 0.3) is 0 Å². The molecule has 19 heavy (non-hydrogen) atoms. The predicted octanol–water partition coefficient (Wildman–Crippen LogP) is 1.51. The third-order valence-corrected chi connectivity index (χ3v) is 3.03. The Bertz CT molecular complexity index is 503. The molecule has 0 radical (unpaired) electrons. The highest BCUT2D eigenvalue weighted by Crippen LogP contribution is 2.33. The van der Waals surface area contributed by atoms with Crippen LogP contribution in [0, 0.1) is 0 Å². The zero-order valence-corrected chi connectivity index (χ0v) is 12.0. The molecule has 0 bridgehead atoms. The van der Waals surface area contributed by atoms with E-state index in [9.17, 15) is 9.36 Å². The summed E-state index contributed by atoms with van der Waals surface area (Å²) >= 11 is 0. The molecule has 0 aliphatic heterocycles. The average molecular weight is 287 g/mol. The van der Waals surface area contributed by atoms with Crippen molar-refractivity contribution in [2.45, 2.75) is 32.9 Å². The van der Waals surface area contributed by atoms with Crippen LogP contribution in [0.2, 0.25) is 0 Å². The van der Waals surface area contributed by atoms with Crippen LogP contribution in [0.15, 0.2) is 24.3 Å². The van der Waals surface area contributed by atoms with Gasteiger partial charge in [-0.25, -0.2) is 4.79 Å². The maximum atomic E-state index is 11.4. The highest BCUT2D eigenvalue weighted by molar-refractivity contribution is 7.60. The Hall–Kier alpha value is -1.36. The van der Waals surface area contributed by atoms with E-state index in [1.807, 2.05) is 0 Å². The zero-order chi connectivity index (χ0) is 14.7. The molecule has 1 aromatic carbocycles. The first-order valence-corrected chi connectivity index (χ1v) is 7.31. The molecule has 0 spiro atoms. The van der Waals surface area contributed by atoms with Gasteiger partial charge in [-0.2, -0.15) is 0 Å². The van der Waals surface area contributed by atoms with Gasteiger partial charge in [-0.05, 0) is 38.5 Å². The maximum Gasteiger partial charge on any atom is 0.407 e. The SMILES string of the molecule is CC(C)(C)OC(=O)NCc1cccc(P(=O)(O)O)c1. The van der Waals surface area contributed by atoms with Crippen LogP contribution in [0.5, 0.6) is 0 Å². The van der Waals surface area contributed by atoms with Gasteiger partial charge in [0.1, 0.15) is 5.60 Å². The van der Waals surface area contributed by atoms with Crippen molar-refractivity contribution >= 4 is 19.0 Å². The van der Waals surface area contributed by atoms with Gasteiger partial charge in [-0.15, -0.1) is 0 Å². The van der Waals surface area contributed by atoms with Crippen LogP contribution in [0.1, 0.15) is 26.3 Å². The van der Waals surface area contributed by atoms with Crippen molar-refractivity contribution in [1.82, 2.24) is 5.32 Å². The lowest BCUT2D eigenvalue weighted by molar-refractivity contribution is 0.0523. The van der Waals surface area contributed by atoms with E-state index in [-0.39, 0.29) is 11.8 Å². The van der Waals surface area contributed by atoms with E-state index in [0.717, 1.165) is 0 Å². The first-order valence-electron chi connectivity index (χ1n) is 5.70. The molecule has 0 aromatic heterocycles. The molecule has 0 saturated heterocycles. The number of amides is 1. The highest BCUT2D eigenvalue weighted by atomic mass is 31.2. The topological polar surface area (TPSA) is 95.9 Å². The van der Waals surface area contributed by atoms with E-state index >= 15 is 0 Å². The van der Waals surface area contributed by atoms with E-state index in [1.54, 1.807) is 26.8 Å². The van der Waals surface area contributed by atoms with Crippen molar-refractivity contribution in [2.24, 2.45) is 0 Å². The average Bonchev–Trinajstić information content (AvgIpc) is 2.23. The van der Waals surface area contributed by atoms with Gasteiger partial charge < -0.3 is 19.8 Å². The molecular weight excluding hydrogens is 269 g/mol. The molecule has 1 aromatic rings. The summed E-state index contributed by atoms with van der Waals surface area (Å²) < 4.78 is 16.1. The molecule has 1 amide bonds. The standard InChI is InChI=1S/C12H18NO5P/c1-12(2,3)18-11(14)13-8-9-5-4-6-10(7-9)19(15,16)17/h4-7H,8H2,1-3H3,(H,13,14)(H2,15,16,17). The summed E-state index contributed by atoms with van der Waals surface area (Å²) in [5, 5.41) is 2.45. The van der Waals surface area contributed by atoms with Gasteiger partial charge in [0.05, 0.1) is 5.30 Å². The van der Waals surface area contributed by atoms with Gasteiger partial charge in [-0.1, -0.05) is 12.1 Å². The first kappa shape index (κ1) is 15.7. The second-order valence-corrected chi connectivity index (χ2v) is 6.67. The van der Waals surface area contributed by atoms with Crippen LogP contribution in [-0.4, -0.2) is 21.5 Å². The summed E-state index contributed by atoms with van der Waals surface area (Å²) in [6.07, 6.45) is -0.575. The van der Waals surface area contributed by atoms with Crippen molar-refractivity contribution < 1.29 is 23.9 Å². The lowest BCUT2D eigenvalue weighted by Gasteiger charge is -2.19. The number of hydrogen-bond donors (Lipinski definition) is 3. The Morgan fingerprint density at radius 3 is 2.53 bits per heavy atom. The molecular formula is C12H18NO5P. The molecule has 3 N–H and O–H groups in total. The van der Waals surface area contributed by atoms with E-state index in [2.05, 4.69) is 5.32 Å². The third kappa shape index (κ3) is 5.87. The molecule has 0 saturated carbocycles. The van der Waals surface area contributed by atoms with E-state index in [1.165, 1.54) is 18.2 Å². The second-order valence-electron chi connectivity index (χ2n) is 5.07. The first-order chi connectivity index (χ1) is 8.58. The van der Waals surface area contributed by atoms with Gasteiger partial charge in [0.25, 0.3) is 0 Å². The number of carbonyl (C=O) groups excluding carboxylic acids is 1. The Labute approximate surface area is 111 Å². The Morgan fingerprint density at radius 2 is 2.00 bits per heavy atom. The van der Waals surface area contributed by atoms with Crippen molar-refractivity contribution in [3.05, 3.63) is 29.8 Å². The normalized spacial score (nSPS) is 12.1. The van der Waals surface area contributed by atoms with E-state index < -0.39 is 19.3 Å². The van der Waals surface area contributed by atoms with Crippen LogP contribution in [0.3, 0.4) is 0 Å². The third-order valence-electron chi connectivity index (χ3n) is 2.08.